The summed E-state index contributed by atoms with van der Waals surface area (Å²) in [5, 5.41) is 9.99. The molecule has 33 heavy (non-hydrogen) atoms. The number of rotatable bonds is 11. The third kappa shape index (κ3) is 7.00. The van der Waals surface area contributed by atoms with E-state index in [1.807, 2.05) is 30.3 Å². The summed E-state index contributed by atoms with van der Waals surface area (Å²) in [6.07, 6.45) is -1.78. The predicted octanol–water partition coefficient (Wildman–Crippen LogP) is 3.01. The number of benzene rings is 2. The summed E-state index contributed by atoms with van der Waals surface area (Å²) < 4.78 is 21.1. The molecule has 1 aliphatic heterocycles. The Hall–Kier alpha value is -3.49. The second-order valence-electron chi connectivity index (χ2n) is 7.61. The molecule has 0 aromatic heterocycles. The first kappa shape index (κ1) is 24.2. The molecule has 0 spiro atoms. The molecule has 0 amide bonds. The number of aliphatic hydroxyl groups is 1. The van der Waals surface area contributed by atoms with E-state index in [4.69, 9.17) is 18.9 Å². The van der Waals surface area contributed by atoms with E-state index < -0.39 is 30.1 Å². The van der Waals surface area contributed by atoms with Gasteiger partial charge in [-0.2, -0.15) is 0 Å². The summed E-state index contributed by atoms with van der Waals surface area (Å²) in [6.45, 7) is 5.10. The van der Waals surface area contributed by atoms with Gasteiger partial charge in [-0.1, -0.05) is 49.0 Å². The number of carbonyl (C=O) groups is 3. The fourth-order valence-corrected chi connectivity index (χ4v) is 2.99. The van der Waals surface area contributed by atoms with Gasteiger partial charge in [0.05, 0.1) is 30.4 Å². The first-order valence-corrected chi connectivity index (χ1v) is 10.5. The van der Waals surface area contributed by atoms with E-state index in [0.29, 0.717) is 6.61 Å². The van der Waals surface area contributed by atoms with Gasteiger partial charge in [0.25, 0.3) is 0 Å². The molecular formula is C25H26O8. The van der Waals surface area contributed by atoms with Gasteiger partial charge in [-0.05, 0) is 24.6 Å². The molecule has 0 radical (unpaired) electrons. The molecule has 1 fully saturated rings. The first-order chi connectivity index (χ1) is 15.9. The minimum atomic E-state index is -1.04. The van der Waals surface area contributed by atoms with Crippen molar-refractivity contribution >= 4 is 17.9 Å². The zero-order valence-electron chi connectivity index (χ0n) is 18.3. The van der Waals surface area contributed by atoms with E-state index in [9.17, 15) is 19.5 Å². The Bertz CT molecular complexity index is 996. The van der Waals surface area contributed by atoms with Crippen molar-refractivity contribution < 1.29 is 38.4 Å². The number of hydrogen-bond acceptors (Lipinski definition) is 8. The van der Waals surface area contributed by atoms with Crippen molar-refractivity contribution in [2.45, 2.75) is 31.7 Å². The molecule has 0 bridgehead atoms. The molecule has 8 nitrogen and oxygen atoms in total. The van der Waals surface area contributed by atoms with Crippen LogP contribution in [0.3, 0.4) is 0 Å². The maximum atomic E-state index is 12.9. The third-order valence-electron chi connectivity index (χ3n) is 4.87. The molecule has 3 atom stereocenters. The average molecular weight is 454 g/mol. The molecular weight excluding hydrogens is 428 g/mol. The van der Waals surface area contributed by atoms with Gasteiger partial charge in [-0.3, -0.25) is 0 Å². The van der Waals surface area contributed by atoms with E-state index >= 15 is 0 Å². The highest BCUT2D eigenvalue weighted by Gasteiger charge is 2.37. The Kier molecular flexibility index (Phi) is 8.34. The van der Waals surface area contributed by atoms with Gasteiger partial charge in [-0.15, -0.1) is 0 Å². The number of esters is 3. The molecule has 174 valence electrons. The molecule has 1 N–H and O–H groups in total. The second kappa shape index (κ2) is 11.4. The number of carbonyl (C=O) groups excluding carboxylic acids is 3. The molecule has 3 rings (SSSR count). The third-order valence-corrected chi connectivity index (χ3v) is 4.87. The topological polar surface area (TPSA) is 112 Å². The minimum Gasteiger partial charge on any atom is -0.462 e. The summed E-state index contributed by atoms with van der Waals surface area (Å²) >= 11 is 0. The van der Waals surface area contributed by atoms with E-state index in [1.165, 1.54) is 19.1 Å². The molecule has 8 heteroatoms. The molecule has 1 heterocycles. The summed E-state index contributed by atoms with van der Waals surface area (Å²) in [4.78, 5) is 36.8. The van der Waals surface area contributed by atoms with Gasteiger partial charge < -0.3 is 24.1 Å². The van der Waals surface area contributed by atoms with Crippen LogP contribution in [0.1, 0.15) is 45.7 Å². The summed E-state index contributed by atoms with van der Waals surface area (Å²) in [7, 11) is 0. The van der Waals surface area contributed by atoms with Crippen LogP contribution < -0.4 is 0 Å². The van der Waals surface area contributed by atoms with Crippen molar-refractivity contribution in [1.82, 2.24) is 0 Å². The van der Waals surface area contributed by atoms with Crippen molar-refractivity contribution in [2.24, 2.45) is 0 Å². The van der Waals surface area contributed by atoms with Crippen LogP contribution in [0.15, 0.2) is 66.7 Å². The molecule has 1 aliphatic rings. The van der Waals surface area contributed by atoms with Crippen LogP contribution >= 0.6 is 0 Å². The second-order valence-corrected chi connectivity index (χ2v) is 7.61. The van der Waals surface area contributed by atoms with Crippen molar-refractivity contribution in [3.8, 4) is 0 Å². The predicted molar refractivity (Wildman–Crippen MR) is 117 cm³/mol. The zero-order valence-corrected chi connectivity index (χ0v) is 18.3. The highest BCUT2D eigenvalue weighted by atomic mass is 16.6. The maximum absolute atomic E-state index is 12.9. The summed E-state index contributed by atoms with van der Waals surface area (Å²) in [5.41, 5.74) is 1.12. The molecule has 0 saturated carbocycles. The van der Waals surface area contributed by atoms with Crippen molar-refractivity contribution in [1.29, 1.82) is 0 Å². The van der Waals surface area contributed by atoms with E-state index in [1.54, 1.807) is 12.1 Å². The quantitative estimate of drug-likeness (QED) is 0.239. The van der Waals surface area contributed by atoms with Gasteiger partial charge in [0.1, 0.15) is 12.7 Å². The number of aliphatic hydroxyl groups excluding tert-OH is 1. The number of ether oxygens (including phenoxy) is 4. The van der Waals surface area contributed by atoms with Crippen LogP contribution in [0.4, 0.5) is 0 Å². The van der Waals surface area contributed by atoms with Crippen molar-refractivity contribution in [3.05, 3.63) is 83.4 Å². The van der Waals surface area contributed by atoms with Gasteiger partial charge in [0.15, 0.2) is 6.10 Å². The lowest BCUT2D eigenvalue weighted by atomic mass is 10.1. The summed E-state index contributed by atoms with van der Waals surface area (Å²) in [6, 6.07) is 15.4. The largest absolute Gasteiger partial charge is 0.462 e. The Labute approximate surface area is 191 Å². The van der Waals surface area contributed by atoms with Gasteiger partial charge in [0, 0.05) is 12.0 Å². The smallest absolute Gasteiger partial charge is 0.339 e. The Morgan fingerprint density at radius 2 is 1.64 bits per heavy atom. The van der Waals surface area contributed by atoms with Gasteiger partial charge in [0.2, 0.25) is 0 Å². The minimum absolute atomic E-state index is 0.0203. The highest BCUT2D eigenvalue weighted by Crippen LogP contribution is 2.32. The molecule has 3 unspecified atom stereocenters. The van der Waals surface area contributed by atoms with Gasteiger partial charge in [-0.25, -0.2) is 14.4 Å². The van der Waals surface area contributed by atoms with Gasteiger partial charge >= 0.3 is 17.9 Å². The van der Waals surface area contributed by atoms with Crippen LogP contribution in [0.2, 0.25) is 0 Å². The lowest BCUT2D eigenvalue weighted by Crippen LogP contribution is -2.23. The number of hydrogen-bond donors (Lipinski definition) is 1. The van der Waals surface area contributed by atoms with Crippen LogP contribution in [0, 0.1) is 0 Å². The van der Waals surface area contributed by atoms with Crippen LogP contribution in [0.25, 0.3) is 0 Å². The van der Waals surface area contributed by atoms with Crippen LogP contribution in [0.5, 0.6) is 0 Å². The average Bonchev–Trinajstić information content (AvgIpc) is 3.66. The molecule has 1 saturated heterocycles. The fourth-order valence-electron chi connectivity index (χ4n) is 2.99. The summed E-state index contributed by atoms with van der Waals surface area (Å²) in [5.74, 6) is -2.02. The normalized spacial score (nSPS) is 16.2. The molecule has 2 aromatic carbocycles. The van der Waals surface area contributed by atoms with E-state index in [2.05, 4.69) is 6.58 Å². The van der Waals surface area contributed by atoms with E-state index in [-0.39, 0.29) is 42.4 Å². The zero-order chi connectivity index (χ0) is 23.8. The van der Waals surface area contributed by atoms with Crippen LogP contribution in [-0.4, -0.2) is 55.0 Å². The Balaban J connectivity index is 1.58. The van der Waals surface area contributed by atoms with Crippen LogP contribution in [-0.2, 0) is 23.7 Å². The molecule has 2 aromatic rings. The number of epoxide rings is 1. The van der Waals surface area contributed by atoms with Crippen molar-refractivity contribution in [2.75, 3.05) is 19.8 Å². The Morgan fingerprint density at radius 3 is 2.24 bits per heavy atom. The molecule has 0 aliphatic carbocycles. The highest BCUT2D eigenvalue weighted by molar-refractivity contribution is 6.03. The van der Waals surface area contributed by atoms with E-state index in [0.717, 1.165) is 5.56 Å². The van der Waals surface area contributed by atoms with Crippen molar-refractivity contribution in [3.63, 3.8) is 0 Å². The standard InChI is InChI=1S/C25H26O8/c1-16(2)23(27)30-13-12-18(26)14-32-24(28)19-10-6-7-11-20(19)25(29)33-22(21-15-31-21)17-8-4-3-5-9-17/h3-11,18,21-22,26H,1,12-15H2,2H3. The lowest BCUT2D eigenvalue weighted by molar-refractivity contribution is -0.139. The fraction of sp³-hybridized carbons (Fsp3) is 0.320. The first-order valence-electron chi connectivity index (χ1n) is 10.5. The maximum Gasteiger partial charge on any atom is 0.339 e. The monoisotopic (exact) mass is 454 g/mol. The lowest BCUT2D eigenvalue weighted by Gasteiger charge is -2.17. The SMILES string of the molecule is C=C(C)C(=O)OCCC(O)COC(=O)c1ccccc1C(=O)OC(c1ccccc1)C1CO1. The Morgan fingerprint density at radius 1 is 1.03 bits per heavy atom.